The molecule has 6 nitrogen and oxygen atoms in total. The van der Waals surface area contributed by atoms with Gasteiger partial charge in [0.2, 0.25) is 10.0 Å². The maximum absolute atomic E-state index is 13.0. The molecule has 0 aromatic heterocycles. The van der Waals surface area contributed by atoms with Crippen molar-refractivity contribution in [3.05, 3.63) is 65.5 Å². The minimum atomic E-state index is -3.56. The summed E-state index contributed by atoms with van der Waals surface area (Å²) < 4.78 is 38.1. The molecule has 0 bridgehead atoms. The predicted molar refractivity (Wildman–Crippen MR) is 95.6 cm³/mol. The molecule has 0 saturated carbocycles. The summed E-state index contributed by atoms with van der Waals surface area (Å²) in [5.41, 5.74) is -0.651. The molecule has 1 unspecified atom stereocenters. The molecule has 1 atom stereocenters. The molecule has 2 aromatic carbocycles. The molecule has 0 fully saturated rings. The fourth-order valence-electron chi connectivity index (χ4n) is 2.25. The van der Waals surface area contributed by atoms with Crippen LogP contribution in [0.25, 0.3) is 0 Å². The zero-order valence-electron chi connectivity index (χ0n) is 14.7. The molecule has 0 aliphatic heterocycles. The SMILES string of the molecule is CN(C)S(=O)(=O)c1ccc(C(=O)NCC(C)(O)c2ccc(F)cc2)cc1. The van der Waals surface area contributed by atoms with Crippen LogP contribution in [0.1, 0.15) is 22.8 Å². The Kier molecular flexibility index (Phi) is 5.80. The Hall–Kier alpha value is -2.29. The Morgan fingerprint density at radius 2 is 1.65 bits per heavy atom. The first-order valence-corrected chi connectivity index (χ1v) is 9.27. The summed E-state index contributed by atoms with van der Waals surface area (Å²) in [5.74, 6) is -0.873. The third-order valence-corrected chi connectivity index (χ3v) is 5.78. The molecule has 8 heteroatoms. The van der Waals surface area contributed by atoms with Gasteiger partial charge in [-0.2, -0.15) is 0 Å². The number of nitrogens with one attached hydrogen (secondary N) is 1. The molecule has 26 heavy (non-hydrogen) atoms. The van der Waals surface area contributed by atoms with Gasteiger partial charge in [0, 0.05) is 19.7 Å². The zero-order valence-corrected chi connectivity index (χ0v) is 15.5. The van der Waals surface area contributed by atoms with Crippen LogP contribution in [0.2, 0.25) is 0 Å². The molecule has 0 spiro atoms. The molecule has 0 aliphatic rings. The van der Waals surface area contributed by atoms with E-state index < -0.39 is 27.3 Å². The fraction of sp³-hybridized carbons (Fsp3) is 0.278. The first-order chi connectivity index (χ1) is 12.0. The third kappa shape index (κ3) is 4.46. The molecule has 2 rings (SSSR count). The van der Waals surface area contributed by atoms with Gasteiger partial charge in [-0.25, -0.2) is 17.1 Å². The highest BCUT2D eigenvalue weighted by Gasteiger charge is 2.24. The minimum Gasteiger partial charge on any atom is -0.384 e. The Labute approximate surface area is 152 Å². The van der Waals surface area contributed by atoms with Gasteiger partial charge in [-0.15, -0.1) is 0 Å². The van der Waals surface area contributed by atoms with Crippen molar-refractivity contribution < 1.29 is 22.7 Å². The van der Waals surface area contributed by atoms with Crippen molar-refractivity contribution in [2.45, 2.75) is 17.4 Å². The highest BCUT2D eigenvalue weighted by atomic mass is 32.2. The molecule has 0 heterocycles. The lowest BCUT2D eigenvalue weighted by atomic mass is 9.96. The number of benzene rings is 2. The van der Waals surface area contributed by atoms with Crippen LogP contribution in [0.3, 0.4) is 0 Å². The molecule has 2 aromatic rings. The number of hydrogen-bond donors (Lipinski definition) is 2. The minimum absolute atomic E-state index is 0.0809. The Bertz CT molecular complexity index is 876. The van der Waals surface area contributed by atoms with Crippen molar-refractivity contribution >= 4 is 15.9 Å². The number of nitrogens with zero attached hydrogens (tertiary/aromatic N) is 1. The number of halogens is 1. The monoisotopic (exact) mass is 380 g/mol. The van der Waals surface area contributed by atoms with E-state index in [1.54, 1.807) is 0 Å². The standard InChI is InChI=1S/C18H21FN2O4S/c1-18(23,14-6-8-15(19)9-7-14)12-20-17(22)13-4-10-16(11-5-13)26(24,25)21(2)3/h4-11,23H,12H2,1-3H3,(H,20,22). The first kappa shape index (κ1) is 20.0. The largest absolute Gasteiger partial charge is 0.384 e. The van der Waals surface area contributed by atoms with Crippen molar-refractivity contribution in [3.63, 3.8) is 0 Å². The van der Waals surface area contributed by atoms with Crippen LogP contribution in [0, 0.1) is 5.82 Å². The van der Waals surface area contributed by atoms with E-state index in [0.29, 0.717) is 5.56 Å². The van der Waals surface area contributed by atoms with Crippen LogP contribution in [-0.4, -0.2) is 44.4 Å². The van der Waals surface area contributed by atoms with E-state index in [4.69, 9.17) is 0 Å². The van der Waals surface area contributed by atoms with Crippen molar-refractivity contribution in [2.75, 3.05) is 20.6 Å². The molecule has 140 valence electrons. The van der Waals surface area contributed by atoms with Crippen molar-refractivity contribution in [2.24, 2.45) is 0 Å². The van der Waals surface area contributed by atoms with Gasteiger partial charge in [0.25, 0.3) is 5.91 Å². The number of carbonyl (C=O) groups excluding carboxylic acids is 1. The van der Waals surface area contributed by atoms with Crippen LogP contribution in [0.5, 0.6) is 0 Å². The van der Waals surface area contributed by atoms with Gasteiger partial charge in [-0.1, -0.05) is 12.1 Å². The van der Waals surface area contributed by atoms with E-state index in [9.17, 15) is 22.7 Å². The smallest absolute Gasteiger partial charge is 0.251 e. The van der Waals surface area contributed by atoms with Gasteiger partial charge in [0.15, 0.2) is 0 Å². The maximum atomic E-state index is 13.0. The highest BCUT2D eigenvalue weighted by Crippen LogP contribution is 2.20. The van der Waals surface area contributed by atoms with Crippen molar-refractivity contribution in [3.8, 4) is 0 Å². The molecule has 0 saturated heterocycles. The second kappa shape index (κ2) is 7.53. The summed E-state index contributed by atoms with van der Waals surface area (Å²) >= 11 is 0. The van der Waals surface area contributed by atoms with E-state index in [1.165, 1.54) is 69.6 Å². The predicted octanol–water partition coefficient (Wildman–Crippen LogP) is 1.71. The van der Waals surface area contributed by atoms with Crippen LogP contribution < -0.4 is 5.32 Å². The zero-order chi connectivity index (χ0) is 19.5. The molecule has 0 aliphatic carbocycles. The number of hydrogen-bond acceptors (Lipinski definition) is 4. The number of sulfonamides is 1. The van der Waals surface area contributed by atoms with Crippen LogP contribution in [-0.2, 0) is 15.6 Å². The Morgan fingerprint density at radius 1 is 1.12 bits per heavy atom. The lowest BCUT2D eigenvalue weighted by Gasteiger charge is -2.24. The molecule has 2 N–H and O–H groups in total. The fourth-order valence-corrected chi connectivity index (χ4v) is 3.16. The maximum Gasteiger partial charge on any atom is 0.251 e. The quantitative estimate of drug-likeness (QED) is 0.799. The average Bonchev–Trinajstić information content (AvgIpc) is 2.60. The van der Waals surface area contributed by atoms with E-state index >= 15 is 0 Å². The average molecular weight is 380 g/mol. The van der Waals surface area contributed by atoms with E-state index in [1.807, 2.05) is 0 Å². The van der Waals surface area contributed by atoms with Gasteiger partial charge in [-0.05, 0) is 48.9 Å². The first-order valence-electron chi connectivity index (χ1n) is 7.83. The van der Waals surface area contributed by atoms with Crippen molar-refractivity contribution in [1.29, 1.82) is 0 Å². The summed E-state index contributed by atoms with van der Waals surface area (Å²) in [6.45, 7) is 1.42. The second-order valence-corrected chi connectivity index (χ2v) is 8.43. The van der Waals surface area contributed by atoms with E-state index in [0.717, 1.165) is 4.31 Å². The third-order valence-electron chi connectivity index (χ3n) is 3.95. The Balaban J connectivity index is 2.07. The van der Waals surface area contributed by atoms with Crippen LogP contribution >= 0.6 is 0 Å². The highest BCUT2D eigenvalue weighted by molar-refractivity contribution is 7.89. The van der Waals surface area contributed by atoms with Gasteiger partial charge in [-0.3, -0.25) is 4.79 Å². The van der Waals surface area contributed by atoms with Crippen molar-refractivity contribution in [1.82, 2.24) is 9.62 Å². The van der Waals surface area contributed by atoms with Gasteiger partial charge < -0.3 is 10.4 Å². The summed E-state index contributed by atoms with van der Waals surface area (Å²) in [6, 6.07) is 10.9. The van der Waals surface area contributed by atoms with Gasteiger partial charge >= 0.3 is 0 Å². The lowest BCUT2D eigenvalue weighted by molar-refractivity contribution is 0.0526. The van der Waals surface area contributed by atoms with E-state index in [2.05, 4.69) is 5.32 Å². The van der Waals surface area contributed by atoms with Gasteiger partial charge in [0.1, 0.15) is 11.4 Å². The van der Waals surface area contributed by atoms with Crippen LogP contribution in [0.4, 0.5) is 4.39 Å². The van der Waals surface area contributed by atoms with Crippen LogP contribution in [0.15, 0.2) is 53.4 Å². The summed E-state index contributed by atoms with van der Waals surface area (Å²) in [6.07, 6.45) is 0. The summed E-state index contributed by atoms with van der Waals surface area (Å²) in [5, 5.41) is 13.1. The normalized spacial score (nSPS) is 14.1. The molecular weight excluding hydrogens is 359 g/mol. The van der Waals surface area contributed by atoms with Gasteiger partial charge in [0.05, 0.1) is 11.4 Å². The lowest BCUT2D eigenvalue weighted by Crippen LogP contribution is -2.38. The number of amides is 1. The van der Waals surface area contributed by atoms with E-state index in [-0.39, 0.29) is 17.0 Å². The molecule has 0 radical (unpaired) electrons. The second-order valence-electron chi connectivity index (χ2n) is 6.28. The molecular formula is C18H21FN2O4S. The number of aliphatic hydroxyl groups is 1. The summed E-state index contributed by atoms with van der Waals surface area (Å²) in [7, 11) is -0.715. The number of carbonyl (C=O) groups is 1. The Morgan fingerprint density at radius 3 is 2.15 bits per heavy atom. The topological polar surface area (TPSA) is 86.7 Å². The summed E-state index contributed by atoms with van der Waals surface area (Å²) in [4.78, 5) is 12.3. The molecule has 1 amide bonds. The number of rotatable bonds is 6.